The Kier molecular flexibility index (Phi) is 6.08. The molecule has 0 atom stereocenters. The summed E-state index contributed by atoms with van der Waals surface area (Å²) in [6.07, 6.45) is 0. The summed E-state index contributed by atoms with van der Waals surface area (Å²) >= 11 is 0. The Bertz CT molecular complexity index is 797. The first-order valence-electron chi connectivity index (χ1n) is 9.08. The van der Waals surface area contributed by atoms with E-state index in [4.69, 9.17) is 4.74 Å². The van der Waals surface area contributed by atoms with Crippen molar-refractivity contribution in [2.75, 3.05) is 50.1 Å². The molecule has 142 valence electrons. The van der Waals surface area contributed by atoms with Crippen molar-refractivity contribution in [3.05, 3.63) is 54.1 Å². The first-order chi connectivity index (χ1) is 13.1. The Morgan fingerprint density at radius 3 is 2.30 bits per heavy atom. The third-order valence-corrected chi connectivity index (χ3v) is 4.74. The predicted molar refractivity (Wildman–Crippen MR) is 107 cm³/mol. The van der Waals surface area contributed by atoms with Crippen molar-refractivity contribution in [2.24, 2.45) is 0 Å². The maximum absolute atomic E-state index is 12.3. The van der Waals surface area contributed by atoms with E-state index in [2.05, 4.69) is 21.2 Å². The zero-order valence-electron chi connectivity index (χ0n) is 15.8. The number of para-hydroxylation sites is 2. The molecule has 2 aromatic carbocycles. The highest BCUT2D eigenvalue weighted by atomic mass is 16.5. The summed E-state index contributed by atoms with van der Waals surface area (Å²) in [7, 11) is 1.68. The summed E-state index contributed by atoms with van der Waals surface area (Å²) in [5, 5.41) is 2.89. The second kappa shape index (κ2) is 8.68. The van der Waals surface area contributed by atoms with Crippen LogP contribution in [-0.2, 0) is 4.79 Å². The molecule has 0 radical (unpaired) electrons. The fourth-order valence-corrected chi connectivity index (χ4v) is 3.23. The minimum absolute atomic E-state index is 0.0146. The molecule has 1 aliphatic heterocycles. The third-order valence-electron chi connectivity index (χ3n) is 4.74. The molecular weight excluding hydrogens is 342 g/mol. The van der Waals surface area contributed by atoms with Crippen LogP contribution in [-0.4, -0.2) is 56.4 Å². The highest BCUT2D eigenvalue weighted by Crippen LogP contribution is 2.28. The van der Waals surface area contributed by atoms with Crippen molar-refractivity contribution < 1.29 is 14.3 Å². The van der Waals surface area contributed by atoms with Gasteiger partial charge >= 0.3 is 0 Å². The van der Waals surface area contributed by atoms with Crippen LogP contribution in [0.5, 0.6) is 5.75 Å². The Morgan fingerprint density at radius 1 is 1.00 bits per heavy atom. The molecule has 6 heteroatoms. The number of carbonyl (C=O) groups is 2. The number of rotatable bonds is 6. The van der Waals surface area contributed by atoms with E-state index in [1.165, 1.54) is 6.92 Å². The van der Waals surface area contributed by atoms with Crippen LogP contribution in [0, 0.1) is 0 Å². The fourth-order valence-electron chi connectivity index (χ4n) is 3.23. The van der Waals surface area contributed by atoms with Gasteiger partial charge in [0.05, 0.1) is 19.3 Å². The Balaban J connectivity index is 1.50. The monoisotopic (exact) mass is 367 g/mol. The van der Waals surface area contributed by atoms with Gasteiger partial charge < -0.3 is 15.0 Å². The second-order valence-electron chi connectivity index (χ2n) is 6.62. The quantitative estimate of drug-likeness (QED) is 0.796. The molecule has 1 saturated heterocycles. The molecular formula is C21H25N3O3. The molecule has 1 aliphatic rings. The van der Waals surface area contributed by atoms with E-state index in [1.54, 1.807) is 31.4 Å². The van der Waals surface area contributed by atoms with Crippen LogP contribution in [0.15, 0.2) is 48.5 Å². The summed E-state index contributed by atoms with van der Waals surface area (Å²) in [5.74, 6) is 0.842. The van der Waals surface area contributed by atoms with Crippen LogP contribution < -0.4 is 15.0 Å². The third kappa shape index (κ3) is 4.86. The number of carbonyl (C=O) groups excluding carboxylic acids is 2. The topological polar surface area (TPSA) is 61.9 Å². The van der Waals surface area contributed by atoms with Crippen molar-refractivity contribution in [3.8, 4) is 5.75 Å². The molecule has 1 fully saturated rings. The van der Waals surface area contributed by atoms with Gasteiger partial charge in [-0.15, -0.1) is 0 Å². The number of ketones is 1. The number of nitrogens with zero attached hydrogens (tertiary/aromatic N) is 2. The fraction of sp³-hybridized carbons (Fsp3) is 0.333. The Labute approximate surface area is 159 Å². The number of Topliss-reactive ketones (excluding diaryl/α,β-unsaturated/α-hetero) is 1. The van der Waals surface area contributed by atoms with E-state index in [-0.39, 0.29) is 11.7 Å². The number of piperazine rings is 1. The molecule has 0 saturated carbocycles. The number of methoxy groups -OCH3 is 1. The van der Waals surface area contributed by atoms with Crippen molar-refractivity contribution in [3.63, 3.8) is 0 Å². The van der Waals surface area contributed by atoms with E-state index < -0.39 is 0 Å². The standard InChI is InChI=1S/C21H25N3O3/c1-16(25)17-7-9-18(10-8-17)22-21(26)15-23-11-13-24(14-12-23)19-5-3-4-6-20(19)27-2/h3-10H,11-15H2,1-2H3,(H,22,26). The van der Waals surface area contributed by atoms with Gasteiger partial charge in [-0.2, -0.15) is 0 Å². The maximum atomic E-state index is 12.3. The van der Waals surface area contributed by atoms with E-state index >= 15 is 0 Å². The van der Waals surface area contributed by atoms with E-state index in [0.717, 1.165) is 37.6 Å². The summed E-state index contributed by atoms with van der Waals surface area (Å²) in [6, 6.07) is 15.0. The normalized spacial score (nSPS) is 14.7. The van der Waals surface area contributed by atoms with E-state index in [0.29, 0.717) is 17.8 Å². The van der Waals surface area contributed by atoms with Crippen molar-refractivity contribution >= 4 is 23.1 Å². The molecule has 1 heterocycles. The second-order valence-corrected chi connectivity index (χ2v) is 6.62. The number of amides is 1. The van der Waals surface area contributed by atoms with Gasteiger partial charge in [0.25, 0.3) is 0 Å². The largest absolute Gasteiger partial charge is 0.495 e. The summed E-state index contributed by atoms with van der Waals surface area (Å²) in [5.41, 5.74) is 2.44. The molecule has 0 unspecified atom stereocenters. The molecule has 1 N–H and O–H groups in total. The van der Waals surface area contributed by atoms with Crippen LogP contribution in [0.25, 0.3) is 0 Å². The Morgan fingerprint density at radius 2 is 1.67 bits per heavy atom. The van der Waals surface area contributed by atoms with E-state index in [9.17, 15) is 9.59 Å². The minimum Gasteiger partial charge on any atom is -0.495 e. The SMILES string of the molecule is COc1ccccc1N1CCN(CC(=O)Nc2ccc(C(C)=O)cc2)CC1. The first kappa shape index (κ1) is 18.9. The molecule has 1 amide bonds. The van der Waals surface area contributed by atoms with Gasteiger partial charge in [-0.25, -0.2) is 0 Å². The zero-order valence-corrected chi connectivity index (χ0v) is 15.8. The van der Waals surface area contributed by atoms with Crippen LogP contribution in [0.3, 0.4) is 0 Å². The highest BCUT2D eigenvalue weighted by molar-refractivity contribution is 5.96. The number of hydrogen-bond acceptors (Lipinski definition) is 5. The minimum atomic E-state index is -0.0451. The predicted octanol–water partition coefficient (Wildman–Crippen LogP) is 2.66. The number of benzene rings is 2. The van der Waals surface area contributed by atoms with Gasteiger partial charge in [-0.1, -0.05) is 12.1 Å². The molecule has 6 nitrogen and oxygen atoms in total. The average Bonchev–Trinajstić information content (AvgIpc) is 2.69. The Hall–Kier alpha value is -2.86. The maximum Gasteiger partial charge on any atom is 0.238 e. The van der Waals surface area contributed by atoms with Crippen LogP contribution in [0.4, 0.5) is 11.4 Å². The van der Waals surface area contributed by atoms with Crippen molar-refractivity contribution in [1.29, 1.82) is 0 Å². The lowest BCUT2D eigenvalue weighted by atomic mass is 10.1. The van der Waals surface area contributed by atoms with Gasteiger partial charge in [0.15, 0.2) is 5.78 Å². The molecule has 0 bridgehead atoms. The molecule has 0 aromatic heterocycles. The number of ether oxygens (including phenoxy) is 1. The molecule has 0 spiro atoms. The molecule has 0 aliphatic carbocycles. The lowest BCUT2D eigenvalue weighted by molar-refractivity contribution is -0.117. The van der Waals surface area contributed by atoms with Crippen LogP contribution in [0.2, 0.25) is 0 Å². The summed E-state index contributed by atoms with van der Waals surface area (Å²) in [6.45, 7) is 5.21. The van der Waals surface area contributed by atoms with Gasteiger partial charge in [0, 0.05) is 37.4 Å². The molecule has 3 rings (SSSR count). The van der Waals surface area contributed by atoms with Crippen LogP contribution >= 0.6 is 0 Å². The van der Waals surface area contributed by atoms with Crippen molar-refractivity contribution in [2.45, 2.75) is 6.92 Å². The highest BCUT2D eigenvalue weighted by Gasteiger charge is 2.21. The van der Waals surface area contributed by atoms with E-state index in [1.807, 2.05) is 18.2 Å². The smallest absolute Gasteiger partial charge is 0.238 e. The average molecular weight is 367 g/mol. The lowest BCUT2D eigenvalue weighted by Crippen LogP contribution is -2.48. The molecule has 27 heavy (non-hydrogen) atoms. The molecule has 2 aromatic rings. The first-order valence-corrected chi connectivity index (χ1v) is 9.08. The number of nitrogens with one attached hydrogen (secondary N) is 1. The van der Waals surface area contributed by atoms with Crippen molar-refractivity contribution in [1.82, 2.24) is 4.90 Å². The summed E-state index contributed by atoms with van der Waals surface area (Å²) < 4.78 is 5.44. The zero-order chi connectivity index (χ0) is 19.2. The van der Waals surface area contributed by atoms with Crippen LogP contribution in [0.1, 0.15) is 17.3 Å². The van der Waals surface area contributed by atoms with Gasteiger partial charge in [0.2, 0.25) is 5.91 Å². The lowest BCUT2D eigenvalue weighted by Gasteiger charge is -2.36. The van der Waals surface area contributed by atoms with Gasteiger partial charge in [0.1, 0.15) is 5.75 Å². The van der Waals surface area contributed by atoms with Gasteiger partial charge in [-0.3, -0.25) is 14.5 Å². The summed E-state index contributed by atoms with van der Waals surface area (Å²) in [4.78, 5) is 28.0. The van der Waals surface area contributed by atoms with Gasteiger partial charge in [-0.05, 0) is 43.3 Å². The number of anilines is 2. The number of hydrogen-bond donors (Lipinski definition) is 1.